The number of nitrogens with zero attached hydrogens (tertiary/aromatic N) is 2. The van der Waals surface area contributed by atoms with E-state index in [0.717, 1.165) is 11.1 Å². The molecule has 9 nitrogen and oxygen atoms in total. The Morgan fingerprint density at radius 3 is 2.45 bits per heavy atom. The summed E-state index contributed by atoms with van der Waals surface area (Å²) < 4.78 is 21.2. The quantitative estimate of drug-likeness (QED) is 0.482. The van der Waals surface area contributed by atoms with Crippen molar-refractivity contribution in [1.29, 1.82) is 0 Å². The van der Waals surface area contributed by atoms with Crippen molar-refractivity contribution < 1.29 is 33.3 Å². The number of aryl methyl sites for hydroxylation is 1. The number of carbonyl (C=O) groups excluding carboxylic acids is 3. The number of amides is 1. The van der Waals surface area contributed by atoms with Crippen LogP contribution in [0.3, 0.4) is 0 Å². The zero-order chi connectivity index (χ0) is 24.6. The minimum absolute atomic E-state index is 0.213. The van der Waals surface area contributed by atoms with E-state index in [4.69, 9.17) is 18.9 Å². The molecule has 0 unspecified atom stereocenters. The van der Waals surface area contributed by atoms with Gasteiger partial charge in [0.15, 0.2) is 0 Å². The summed E-state index contributed by atoms with van der Waals surface area (Å²) in [6.07, 6.45) is -2.11. The molecule has 1 fully saturated rings. The second kappa shape index (κ2) is 8.96. The van der Waals surface area contributed by atoms with Crippen LogP contribution in [-0.4, -0.2) is 53.8 Å². The summed E-state index contributed by atoms with van der Waals surface area (Å²) in [7, 11) is 1.25. The summed E-state index contributed by atoms with van der Waals surface area (Å²) in [4.78, 5) is 38.2. The first kappa shape index (κ1) is 24.4. The van der Waals surface area contributed by atoms with Crippen LogP contribution in [0.25, 0.3) is 0 Å². The third-order valence-corrected chi connectivity index (χ3v) is 5.69. The van der Waals surface area contributed by atoms with Gasteiger partial charge in [-0.25, -0.2) is 14.4 Å². The summed E-state index contributed by atoms with van der Waals surface area (Å²) in [5.41, 5.74) is 1.29. The SMILES string of the molecule is CCOC(=O)C1=C(C)N2N(C(=O)OC)[C@H](OC(=O)OC(C)(C)C)C[C@]2(c2cccc(C)c2)C1. The molecule has 0 radical (unpaired) electrons. The maximum Gasteiger partial charge on any atom is 0.510 e. The molecule has 180 valence electrons. The van der Waals surface area contributed by atoms with Gasteiger partial charge in [0, 0.05) is 18.5 Å². The Labute approximate surface area is 194 Å². The van der Waals surface area contributed by atoms with Crippen molar-refractivity contribution in [3.63, 3.8) is 0 Å². The third kappa shape index (κ3) is 4.62. The number of allylic oxidation sites excluding steroid dienone is 1. The number of fused-ring (bicyclic) bond motifs is 1. The Hall–Kier alpha value is -3.23. The van der Waals surface area contributed by atoms with Crippen molar-refractivity contribution >= 4 is 18.2 Å². The molecule has 2 heterocycles. The van der Waals surface area contributed by atoms with E-state index in [2.05, 4.69) is 0 Å². The molecule has 2 atom stereocenters. The van der Waals surface area contributed by atoms with Gasteiger partial charge < -0.3 is 18.9 Å². The largest absolute Gasteiger partial charge is 0.510 e. The average Bonchev–Trinajstić information content (AvgIpc) is 3.18. The first-order valence-corrected chi connectivity index (χ1v) is 10.9. The molecule has 0 saturated carbocycles. The van der Waals surface area contributed by atoms with E-state index < -0.39 is 35.6 Å². The van der Waals surface area contributed by atoms with Gasteiger partial charge in [0.2, 0.25) is 6.23 Å². The second-order valence-electron chi connectivity index (χ2n) is 9.23. The molecule has 1 aromatic carbocycles. The van der Waals surface area contributed by atoms with Gasteiger partial charge in [-0.2, -0.15) is 5.01 Å². The highest BCUT2D eigenvalue weighted by atomic mass is 16.7. The molecule has 2 aliphatic heterocycles. The zero-order valence-corrected chi connectivity index (χ0v) is 20.3. The summed E-state index contributed by atoms with van der Waals surface area (Å²) in [6, 6.07) is 7.82. The fourth-order valence-electron chi connectivity index (χ4n) is 4.46. The van der Waals surface area contributed by atoms with E-state index in [9.17, 15) is 14.4 Å². The van der Waals surface area contributed by atoms with Gasteiger partial charge in [-0.1, -0.05) is 29.8 Å². The number of rotatable bonds is 4. The molecule has 0 aromatic heterocycles. The van der Waals surface area contributed by atoms with Gasteiger partial charge in [-0.15, -0.1) is 0 Å². The summed E-state index contributed by atoms with van der Waals surface area (Å²) >= 11 is 0. The van der Waals surface area contributed by atoms with E-state index in [1.807, 2.05) is 31.2 Å². The fraction of sp³-hybridized carbons (Fsp3) is 0.542. The Morgan fingerprint density at radius 1 is 1.18 bits per heavy atom. The van der Waals surface area contributed by atoms with Gasteiger partial charge in [-0.3, -0.25) is 5.01 Å². The molecule has 1 saturated heterocycles. The molecular weight excluding hydrogens is 428 g/mol. The lowest BCUT2D eigenvalue weighted by atomic mass is 9.83. The predicted molar refractivity (Wildman–Crippen MR) is 119 cm³/mol. The smallest absolute Gasteiger partial charge is 0.463 e. The molecule has 3 rings (SSSR count). The fourth-order valence-corrected chi connectivity index (χ4v) is 4.46. The zero-order valence-electron chi connectivity index (χ0n) is 20.3. The lowest BCUT2D eigenvalue weighted by Gasteiger charge is -2.38. The number of ether oxygens (including phenoxy) is 4. The Balaban J connectivity index is 2.10. The third-order valence-electron chi connectivity index (χ3n) is 5.69. The number of hydrazine groups is 1. The number of esters is 1. The molecular formula is C24H32N2O7. The van der Waals surface area contributed by atoms with Gasteiger partial charge in [0.1, 0.15) is 5.60 Å². The highest BCUT2D eigenvalue weighted by Crippen LogP contribution is 2.54. The number of methoxy groups -OCH3 is 1. The van der Waals surface area contributed by atoms with Gasteiger partial charge in [0.25, 0.3) is 0 Å². The monoisotopic (exact) mass is 460 g/mol. The van der Waals surface area contributed by atoms with Crippen molar-refractivity contribution in [2.24, 2.45) is 0 Å². The van der Waals surface area contributed by atoms with Gasteiger partial charge in [0.05, 0.1) is 24.8 Å². The highest BCUT2D eigenvalue weighted by Gasteiger charge is 2.60. The van der Waals surface area contributed by atoms with Crippen LogP contribution in [0, 0.1) is 6.92 Å². The van der Waals surface area contributed by atoms with Crippen LogP contribution in [0.4, 0.5) is 9.59 Å². The van der Waals surface area contributed by atoms with Crippen LogP contribution in [0.5, 0.6) is 0 Å². The molecule has 0 spiro atoms. The molecule has 9 heteroatoms. The molecule has 1 amide bonds. The topological polar surface area (TPSA) is 94.6 Å². The van der Waals surface area contributed by atoms with E-state index in [1.54, 1.807) is 39.6 Å². The lowest BCUT2D eigenvalue weighted by Crippen LogP contribution is -2.49. The van der Waals surface area contributed by atoms with E-state index in [0.29, 0.717) is 11.3 Å². The van der Waals surface area contributed by atoms with E-state index in [1.165, 1.54) is 12.1 Å². The summed E-state index contributed by atoms with van der Waals surface area (Å²) in [5.74, 6) is -0.439. The maximum absolute atomic E-state index is 12.9. The Bertz CT molecular complexity index is 981. The van der Waals surface area contributed by atoms with Crippen LogP contribution >= 0.6 is 0 Å². The predicted octanol–water partition coefficient (Wildman–Crippen LogP) is 4.40. The van der Waals surface area contributed by atoms with E-state index in [-0.39, 0.29) is 19.4 Å². The molecule has 0 aliphatic carbocycles. The van der Waals surface area contributed by atoms with Crippen molar-refractivity contribution in [3.05, 3.63) is 46.7 Å². The Morgan fingerprint density at radius 2 is 1.88 bits per heavy atom. The second-order valence-corrected chi connectivity index (χ2v) is 9.23. The molecule has 0 N–H and O–H groups in total. The number of hydrogen-bond acceptors (Lipinski definition) is 8. The van der Waals surface area contributed by atoms with Crippen molar-refractivity contribution in [3.8, 4) is 0 Å². The summed E-state index contributed by atoms with van der Waals surface area (Å²) in [6.45, 7) is 10.9. The minimum atomic E-state index is -0.994. The van der Waals surface area contributed by atoms with Crippen LogP contribution in [0.1, 0.15) is 58.6 Å². The molecule has 1 aromatic rings. The first-order chi connectivity index (χ1) is 15.4. The molecule has 33 heavy (non-hydrogen) atoms. The van der Waals surface area contributed by atoms with Crippen molar-refractivity contribution in [2.45, 2.75) is 71.8 Å². The molecule has 0 bridgehead atoms. The summed E-state index contributed by atoms with van der Waals surface area (Å²) in [5, 5.41) is 2.95. The highest BCUT2D eigenvalue weighted by molar-refractivity contribution is 5.90. The van der Waals surface area contributed by atoms with Crippen molar-refractivity contribution in [2.75, 3.05) is 13.7 Å². The van der Waals surface area contributed by atoms with E-state index >= 15 is 0 Å². The first-order valence-electron chi connectivity index (χ1n) is 10.9. The lowest BCUT2D eigenvalue weighted by molar-refractivity contribution is -0.138. The maximum atomic E-state index is 12.9. The normalized spacial score (nSPS) is 22.2. The average molecular weight is 461 g/mol. The van der Waals surface area contributed by atoms with Gasteiger partial charge in [-0.05, 0) is 47.1 Å². The van der Waals surface area contributed by atoms with Crippen LogP contribution < -0.4 is 0 Å². The Kier molecular flexibility index (Phi) is 6.63. The van der Waals surface area contributed by atoms with Crippen LogP contribution in [-0.2, 0) is 29.3 Å². The number of hydrogen-bond donors (Lipinski definition) is 0. The van der Waals surface area contributed by atoms with Crippen molar-refractivity contribution in [1.82, 2.24) is 10.0 Å². The minimum Gasteiger partial charge on any atom is -0.463 e. The number of carbonyl (C=O) groups is 3. The van der Waals surface area contributed by atoms with Crippen LogP contribution in [0.15, 0.2) is 35.5 Å². The molecule has 2 aliphatic rings. The van der Waals surface area contributed by atoms with Crippen LogP contribution in [0.2, 0.25) is 0 Å². The standard InChI is InChI=1S/C24H32N2O7/c1-8-31-20(27)18-13-24(17-11-9-10-15(2)12-17)14-19(32-22(29)33-23(4,5)6)25(21(28)30-7)26(24)16(18)3/h9-12,19H,8,13-14H2,1-7H3/t19-,24+/m1/s1. The number of benzene rings is 1. The van der Waals surface area contributed by atoms with Gasteiger partial charge >= 0.3 is 18.2 Å².